The van der Waals surface area contributed by atoms with Crippen molar-refractivity contribution in [1.29, 1.82) is 0 Å². The number of aromatic nitrogens is 3. The Morgan fingerprint density at radius 3 is 2.53 bits per heavy atom. The highest BCUT2D eigenvalue weighted by molar-refractivity contribution is 7.80. The highest BCUT2D eigenvalue weighted by Crippen LogP contribution is 2.05. The van der Waals surface area contributed by atoms with Crippen LogP contribution in [0.5, 0.6) is 0 Å². The van der Waals surface area contributed by atoms with Gasteiger partial charge in [0.05, 0.1) is 11.5 Å². The minimum atomic E-state index is 0.576. The van der Waals surface area contributed by atoms with Gasteiger partial charge in [-0.25, -0.2) is 4.98 Å². The van der Waals surface area contributed by atoms with Crippen molar-refractivity contribution in [2.45, 2.75) is 6.54 Å². The van der Waals surface area contributed by atoms with Gasteiger partial charge in [0.25, 0.3) is 0 Å². The number of rotatable bonds is 4. The van der Waals surface area contributed by atoms with Crippen LogP contribution in [-0.2, 0) is 13.6 Å². The molecule has 0 unspecified atom stereocenters. The summed E-state index contributed by atoms with van der Waals surface area (Å²) >= 11 is 4.92. The first-order valence-corrected chi connectivity index (χ1v) is 6.12. The lowest BCUT2D eigenvalue weighted by Gasteiger charge is -2.33. The number of piperazine rings is 1. The maximum atomic E-state index is 5.54. The van der Waals surface area contributed by atoms with Crippen LogP contribution in [0.1, 0.15) is 5.82 Å². The molecule has 1 aromatic heterocycles. The van der Waals surface area contributed by atoms with E-state index in [1.807, 2.05) is 11.7 Å². The maximum Gasteiger partial charge on any atom is 0.140 e. The lowest BCUT2D eigenvalue weighted by molar-refractivity contribution is 0.136. The number of nitrogens with zero attached hydrogens (tertiary/aromatic N) is 5. The molecule has 1 fully saturated rings. The summed E-state index contributed by atoms with van der Waals surface area (Å²) in [5.41, 5.74) is 5.54. The van der Waals surface area contributed by atoms with Gasteiger partial charge in [0.2, 0.25) is 0 Å². The molecule has 17 heavy (non-hydrogen) atoms. The first kappa shape index (κ1) is 12.4. The SMILES string of the molecule is Cn1ncnc1CN1CCN(CC(N)=S)CC1. The molecule has 0 saturated carbocycles. The fourth-order valence-corrected chi connectivity index (χ4v) is 2.17. The molecule has 0 aliphatic carbocycles. The van der Waals surface area contributed by atoms with E-state index in [4.69, 9.17) is 18.0 Å². The fourth-order valence-electron chi connectivity index (χ4n) is 1.99. The van der Waals surface area contributed by atoms with Gasteiger partial charge >= 0.3 is 0 Å². The molecule has 1 aromatic rings. The molecule has 2 heterocycles. The lowest BCUT2D eigenvalue weighted by Crippen LogP contribution is -2.48. The molecular weight excluding hydrogens is 236 g/mol. The monoisotopic (exact) mass is 254 g/mol. The van der Waals surface area contributed by atoms with Crippen molar-refractivity contribution in [2.75, 3.05) is 32.7 Å². The molecule has 0 radical (unpaired) electrons. The largest absolute Gasteiger partial charge is 0.392 e. The number of aryl methyl sites for hydroxylation is 1. The standard InChI is InChI=1S/C10H18N6S/c1-14-10(12-8-13-14)7-16-4-2-15(3-5-16)6-9(11)17/h8H,2-7H2,1H3,(H2,11,17). The van der Waals surface area contributed by atoms with E-state index < -0.39 is 0 Å². The number of hydrogen-bond acceptors (Lipinski definition) is 5. The van der Waals surface area contributed by atoms with Crippen LogP contribution in [0, 0.1) is 0 Å². The van der Waals surface area contributed by atoms with Crippen LogP contribution in [0.15, 0.2) is 6.33 Å². The second-order valence-electron chi connectivity index (χ2n) is 4.32. The lowest BCUT2D eigenvalue weighted by atomic mass is 10.3. The first-order valence-electron chi connectivity index (χ1n) is 5.71. The highest BCUT2D eigenvalue weighted by atomic mass is 32.1. The fraction of sp³-hybridized carbons (Fsp3) is 0.700. The second kappa shape index (κ2) is 5.52. The molecule has 2 N–H and O–H groups in total. The molecule has 94 valence electrons. The van der Waals surface area contributed by atoms with Crippen LogP contribution in [-0.4, -0.2) is 62.3 Å². The molecule has 0 atom stereocenters. The van der Waals surface area contributed by atoms with Gasteiger partial charge in [-0.3, -0.25) is 14.5 Å². The first-order chi connectivity index (χ1) is 8.15. The van der Waals surface area contributed by atoms with E-state index in [2.05, 4.69) is 19.9 Å². The van der Waals surface area contributed by atoms with Crippen LogP contribution >= 0.6 is 12.2 Å². The minimum Gasteiger partial charge on any atom is -0.392 e. The van der Waals surface area contributed by atoms with Gasteiger partial charge in [-0.2, -0.15) is 5.10 Å². The number of nitrogens with two attached hydrogens (primary N) is 1. The van der Waals surface area contributed by atoms with Crippen LogP contribution in [0.4, 0.5) is 0 Å². The van der Waals surface area contributed by atoms with Crippen molar-refractivity contribution in [1.82, 2.24) is 24.6 Å². The van der Waals surface area contributed by atoms with Gasteiger partial charge in [0, 0.05) is 39.8 Å². The van der Waals surface area contributed by atoms with Gasteiger partial charge in [-0.1, -0.05) is 12.2 Å². The Balaban J connectivity index is 1.79. The maximum absolute atomic E-state index is 5.54. The van der Waals surface area contributed by atoms with Crippen molar-refractivity contribution in [3.05, 3.63) is 12.2 Å². The van der Waals surface area contributed by atoms with E-state index in [1.165, 1.54) is 0 Å². The summed E-state index contributed by atoms with van der Waals surface area (Å²) in [4.78, 5) is 9.47. The van der Waals surface area contributed by atoms with Crippen molar-refractivity contribution >= 4 is 17.2 Å². The Morgan fingerprint density at radius 2 is 2.00 bits per heavy atom. The molecular formula is C10H18N6S. The zero-order valence-corrected chi connectivity index (χ0v) is 10.9. The molecule has 2 rings (SSSR count). The van der Waals surface area contributed by atoms with Crippen molar-refractivity contribution in [2.24, 2.45) is 12.8 Å². The molecule has 1 aliphatic heterocycles. The van der Waals surface area contributed by atoms with Crippen LogP contribution in [0.2, 0.25) is 0 Å². The van der Waals surface area contributed by atoms with Crippen molar-refractivity contribution in [3.8, 4) is 0 Å². The highest BCUT2D eigenvalue weighted by Gasteiger charge is 2.18. The van der Waals surface area contributed by atoms with Crippen molar-refractivity contribution in [3.63, 3.8) is 0 Å². The Labute approximate surface area is 106 Å². The van der Waals surface area contributed by atoms with Crippen LogP contribution < -0.4 is 5.73 Å². The van der Waals surface area contributed by atoms with Crippen molar-refractivity contribution < 1.29 is 0 Å². The van der Waals surface area contributed by atoms with E-state index in [0.717, 1.165) is 45.1 Å². The molecule has 0 aromatic carbocycles. The third kappa shape index (κ3) is 3.45. The predicted octanol–water partition coefficient (Wildman–Crippen LogP) is -0.781. The molecule has 1 saturated heterocycles. The average molecular weight is 254 g/mol. The van der Waals surface area contributed by atoms with E-state index in [1.54, 1.807) is 6.33 Å². The Kier molecular flexibility index (Phi) is 4.03. The Morgan fingerprint density at radius 1 is 1.35 bits per heavy atom. The van der Waals surface area contributed by atoms with E-state index >= 15 is 0 Å². The summed E-state index contributed by atoms with van der Waals surface area (Å²) in [6.07, 6.45) is 1.60. The Hall–Kier alpha value is -1.05. The topological polar surface area (TPSA) is 63.2 Å². The zero-order valence-electron chi connectivity index (χ0n) is 10.0. The second-order valence-corrected chi connectivity index (χ2v) is 4.84. The number of hydrogen-bond donors (Lipinski definition) is 1. The molecule has 0 spiro atoms. The normalized spacial score (nSPS) is 18.4. The quantitative estimate of drug-likeness (QED) is 0.711. The summed E-state index contributed by atoms with van der Waals surface area (Å²) in [6, 6.07) is 0. The van der Waals surface area contributed by atoms with Gasteiger partial charge < -0.3 is 5.73 Å². The molecule has 6 nitrogen and oxygen atoms in total. The average Bonchev–Trinajstić information content (AvgIpc) is 2.67. The van der Waals surface area contributed by atoms with Gasteiger partial charge in [-0.15, -0.1) is 0 Å². The summed E-state index contributed by atoms with van der Waals surface area (Å²) in [5.74, 6) is 1.01. The van der Waals surface area contributed by atoms with Crippen LogP contribution in [0.3, 0.4) is 0 Å². The third-order valence-corrected chi connectivity index (χ3v) is 3.14. The number of thiocarbonyl (C=S) groups is 1. The van der Waals surface area contributed by atoms with E-state index in [-0.39, 0.29) is 0 Å². The smallest absolute Gasteiger partial charge is 0.140 e. The summed E-state index contributed by atoms with van der Waals surface area (Å²) in [7, 11) is 1.92. The predicted molar refractivity (Wildman–Crippen MR) is 69.5 cm³/mol. The summed E-state index contributed by atoms with van der Waals surface area (Å²) in [5, 5.41) is 4.07. The van der Waals surface area contributed by atoms with Crippen LogP contribution in [0.25, 0.3) is 0 Å². The van der Waals surface area contributed by atoms with E-state index in [9.17, 15) is 0 Å². The summed E-state index contributed by atoms with van der Waals surface area (Å²) < 4.78 is 1.82. The molecule has 7 heteroatoms. The molecule has 1 aliphatic rings. The summed E-state index contributed by atoms with van der Waals surface area (Å²) in [6.45, 7) is 5.65. The Bertz CT molecular complexity index is 382. The zero-order chi connectivity index (χ0) is 12.3. The van der Waals surface area contributed by atoms with Gasteiger partial charge in [-0.05, 0) is 0 Å². The van der Waals surface area contributed by atoms with Gasteiger partial charge in [0.1, 0.15) is 12.2 Å². The third-order valence-electron chi connectivity index (χ3n) is 3.01. The molecule has 0 bridgehead atoms. The van der Waals surface area contributed by atoms with Gasteiger partial charge in [0.15, 0.2) is 0 Å². The molecule has 0 amide bonds. The van der Waals surface area contributed by atoms with E-state index in [0.29, 0.717) is 4.99 Å². The minimum absolute atomic E-state index is 0.576.